The number of carbonyl (C=O) groups is 1. The van der Waals surface area contributed by atoms with Gasteiger partial charge in [-0.3, -0.25) is 4.79 Å². The van der Waals surface area contributed by atoms with Gasteiger partial charge in [-0.15, -0.1) is 0 Å². The minimum Gasteiger partial charge on any atom is -0.303 e. The molecule has 0 spiro atoms. The lowest BCUT2D eigenvalue weighted by molar-refractivity contribution is 0.0880. The van der Waals surface area contributed by atoms with Crippen molar-refractivity contribution in [2.75, 3.05) is 19.6 Å². The van der Waals surface area contributed by atoms with E-state index in [0.717, 1.165) is 24.9 Å². The lowest BCUT2D eigenvalue weighted by Gasteiger charge is -2.22. The average Bonchev–Trinajstić information content (AvgIpc) is 2.91. The second-order valence-electron chi connectivity index (χ2n) is 5.22. The molecular formula is C16H23NO. The van der Waals surface area contributed by atoms with Crippen LogP contribution in [0.1, 0.15) is 43.0 Å². The van der Waals surface area contributed by atoms with E-state index >= 15 is 0 Å². The van der Waals surface area contributed by atoms with Crippen molar-refractivity contribution in [1.82, 2.24) is 4.90 Å². The first-order chi connectivity index (χ1) is 8.81. The molecular weight excluding hydrogens is 222 g/mol. The molecule has 2 heteroatoms. The van der Waals surface area contributed by atoms with Crippen LogP contribution in [0.3, 0.4) is 0 Å². The summed E-state index contributed by atoms with van der Waals surface area (Å²) in [7, 11) is 0. The highest BCUT2D eigenvalue weighted by Crippen LogP contribution is 2.18. The molecule has 1 atom stereocenters. The molecule has 1 aromatic rings. The Kier molecular flexibility index (Phi) is 4.94. The van der Waals surface area contributed by atoms with Gasteiger partial charge in [0.15, 0.2) is 5.78 Å². The molecule has 0 radical (unpaired) electrons. The van der Waals surface area contributed by atoms with Crippen LogP contribution in [0.4, 0.5) is 0 Å². The largest absolute Gasteiger partial charge is 0.303 e. The van der Waals surface area contributed by atoms with E-state index in [0.29, 0.717) is 5.78 Å². The molecule has 0 bridgehead atoms. The van der Waals surface area contributed by atoms with Crippen LogP contribution in [-0.4, -0.2) is 30.3 Å². The van der Waals surface area contributed by atoms with Gasteiger partial charge in [-0.25, -0.2) is 0 Å². The van der Waals surface area contributed by atoms with Gasteiger partial charge in [-0.2, -0.15) is 0 Å². The highest BCUT2D eigenvalue weighted by molar-refractivity contribution is 5.97. The Morgan fingerprint density at radius 2 is 1.89 bits per heavy atom. The molecule has 0 aromatic heterocycles. The molecule has 1 saturated heterocycles. The normalized spacial score (nSPS) is 17.8. The number of Topliss-reactive ketones (excluding diaryl/α,β-unsaturated/α-hetero) is 1. The monoisotopic (exact) mass is 245 g/mol. The number of ketones is 1. The molecule has 1 aromatic carbocycles. The maximum Gasteiger partial charge on any atom is 0.167 e. The zero-order valence-electron chi connectivity index (χ0n) is 11.3. The lowest BCUT2D eigenvalue weighted by Crippen LogP contribution is -2.31. The second-order valence-corrected chi connectivity index (χ2v) is 5.22. The first-order valence-electron chi connectivity index (χ1n) is 7.13. The van der Waals surface area contributed by atoms with E-state index in [1.165, 1.54) is 25.9 Å². The van der Waals surface area contributed by atoms with Crippen LogP contribution < -0.4 is 0 Å². The Morgan fingerprint density at radius 3 is 2.50 bits per heavy atom. The van der Waals surface area contributed by atoms with Crippen molar-refractivity contribution in [3.05, 3.63) is 35.9 Å². The van der Waals surface area contributed by atoms with E-state index in [-0.39, 0.29) is 5.92 Å². The van der Waals surface area contributed by atoms with Crippen molar-refractivity contribution in [2.24, 2.45) is 5.92 Å². The molecule has 1 aliphatic rings. The number of benzene rings is 1. The molecule has 1 aliphatic heterocycles. The third-order valence-electron chi connectivity index (χ3n) is 3.74. The van der Waals surface area contributed by atoms with Crippen LogP contribution in [0.2, 0.25) is 0 Å². The zero-order chi connectivity index (χ0) is 12.8. The summed E-state index contributed by atoms with van der Waals surface area (Å²) >= 11 is 0. The van der Waals surface area contributed by atoms with Gasteiger partial charge in [0.2, 0.25) is 0 Å². The van der Waals surface area contributed by atoms with E-state index in [2.05, 4.69) is 11.8 Å². The fourth-order valence-electron chi connectivity index (χ4n) is 2.77. The van der Waals surface area contributed by atoms with Gasteiger partial charge in [0, 0.05) is 18.0 Å². The Morgan fingerprint density at radius 1 is 1.22 bits per heavy atom. The molecule has 1 fully saturated rings. The molecule has 0 N–H and O–H groups in total. The van der Waals surface area contributed by atoms with Crippen molar-refractivity contribution in [2.45, 2.75) is 32.6 Å². The minimum atomic E-state index is 0.176. The quantitative estimate of drug-likeness (QED) is 0.716. The average molecular weight is 245 g/mol. The molecule has 18 heavy (non-hydrogen) atoms. The van der Waals surface area contributed by atoms with E-state index in [1.807, 2.05) is 30.3 Å². The maximum absolute atomic E-state index is 12.5. The Bertz CT molecular complexity index is 368. The van der Waals surface area contributed by atoms with Crippen molar-refractivity contribution in [1.29, 1.82) is 0 Å². The number of nitrogens with zero attached hydrogens (tertiary/aromatic N) is 1. The van der Waals surface area contributed by atoms with E-state index in [4.69, 9.17) is 0 Å². The fraction of sp³-hybridized carbons (Fsp3) is 0.562. The molecule has 2 rings (SSSR count). The summed E-state index contributed by atoms with van der Waals surface area (Å²) in [5, 5.41) is 0. The smallest absolute Gasteiger partial charge is 0.167 e. The first-order valence-corrected chi connectivity index (χ1v) is 7.13. The van der Waals surface area contributed by atoms with Gasteiger partial charge in [-0.1, -0.05) is 43.7 Å². The zero-order valence-corrected chi connectivity index (χ0v) is 11.3. The third kappa shape index (κ3) is 3.42. The second kappa shape index (κ2) is 6.69. The number of hydrogen-bond donors (Lipinski definition) is 0. The number of rotatable bonds is 6. The van der Waals surface area contributed by atoms with Crippen LogP contribution in [0.15, 0.2) is 30.3 Å². The standard InChI is InChI=1S/C16H23NO/c1-2-8-15(13-17-11-6-7-12-17)16(18)14-9-4-3-5-10-14/h3-5,9-10,15H,2,6-8,11-13H2,1H3. The van der Waals surface area contributed by atoms with Gasteiger partial charge in [0.05, 0.1) is 0 Å². The fourth-order valence-corrected chi connectivity index (χ4v) is 2.77. The first kappa shape index (κ1) is 13.3. The minimum absolute atomic E-state index is 0.176. The lowest BCUT2D eigenvalue weighted by atomic mass is 9.93. The molecule has 0 saturated carbocycles. The summed E-state index contributed by atoms with van der Waals surface area (Å²) < 4.78 is 0. The van der Waals surface area contributed by atoms with Crippen molar-refractivity contribution in [3.63, 3.8) is 0 Å². The van der Waals surface area contributed by atoms with Gasteiger partial charge < -0.3 is 4.90 Å². The maximum atomic E-state index is 12.5. The highest BCUT2D eigenvalue weighted by Gasteiger charge is 2.23. The van der Waals surface area contributed by atoms with Gasteiger partial charge in [0.25, 0.3) is 0 Å². The van der Waals surface area contributed by atoms with Gasteiger partial charge in [-0.05, 0) is 32.4 Å². The Labute approximate surface area is 110 Å². The Balaban J connectivity index is 2.02. The predicted molar refractivity (Wildman–Crippen MR) is 74.8 cm³/mol. The van der Waals surface area contributed by atoms with Crippen LogP contribution in [0, 0.1) is 5.92 Å². The molecule has 0 amide bonds. The van der Waals surface area contributed by atoms with E-state index in [1.54, 1.807) is 0 Å². The Hall–Kier alpha value is -1.15. The van der Waals surface area contributed by atoms with Crippen molar-refractivity contribution < 1.29 is 4.79 Å². The summed E-state index contributed by atoms with van der Waals surface area (Å²) in [5.41, 5.74) is 0.871. The van der Waals surface area contributed by atoms with Crippen LogP contribution in [0.5, 0.6) is 0 Å². The summed E-state index contributed by atoms with van der Waals surface area (Å²) in [6.07, 6.45) is 4.66. The predicted octanol–water partition coefficient (Wildman–Crippen LogP) is 3.38. The van der Waals surface area contributed by atoms with Crippen molar-refractivity contribution >= 4 is 5.78 Å². The molecule has 98 valence electrons. The number of carbonyl (C=O) groups excluding carboxylic acids is 1. The van der Waals surface area contributed by atoms with Gasteiger partial charge >= 0.3 is 0 Å². The van der Waals surface area contributed by atoms with Gasteiger partial charge in [0.1, 0.15) is 0 Å². The molecule has 2 nitrogen and oxygen atoms in total. The SMILES string of the molecule is CCCC(CN1CCCC1)C(=O)c1ccccc1. The molecule has 0 aliphatic carbocycles. The van der Waals surface area contributed by atoms with Crippen LogP contribution >= 0.6 is 0 Å². The van der Waals surface area contributed by atoms with E-state index < -0.39 is 0 Å². The topological polar surface area (TPSA) is 20.3 Å². The number of likely N-dealkylation sites (tertiary alicyclic amines) is 1. The van der Waals surface area contributed by atoms with E-state index in [9.17, 15) is 4.79 Å². The highest BCUT2D eigenvalue weighted by atomic mass is 16.1. The van der Waals surface area contributed by atoms with Crippen LogP contribution in [0.25, 0.3) is 0 Å². The molecule has 1 heterocycles. The van der Waals surface area contributed by atoms with Crippen molar-refractivity contribution in [3.8, 4) is 0 Å². The summed E-state index contributed by atoms with van der Waals surface area (Å²) in [6.45, 7) is 5.45. The third-order valence-corrected chi connectivity index (χ3v) is 3.74. The van der Waals surface area contributed by atoms with Crippen LogP contribution in [-0.2, 0) is 0 Å². The summed E-state index contributed by atoms with van der Waals surface area (Å²) in [4.78, 5) is 14.9. The number of hydrogen-bond acceptors (Lipinski definition) is 2. The molecule has 1 unspecified atom stereocenters. The summed E-state index contributed by atoms with van der Waals surface area (Å²) in [5.74, 6) is 0.500. The summed E-state index contributed by atoms with van der Waals surface area (Å²) in [6, 6.07) is 9.74.